The molecule has 0 saturated heterocycles. The van der Waals surface area contributed by atoms with Gasteiger partial charge in [0, 0.05) is 25.6 Å². The molecule has 1 unspecified atom stereocenters. The van der Waals surface area contributed by atoms with Crippen molar-refractivity contribution >= 4 is 25.7 Å². The topological polar surface area (TPSA) is 102 Å². The van der Waals surface area contributed by atoms with Crippen molar-refractivity contribution in [3.05, 3.63) is 18.3 Å². The summed E-state index contributed by atoms with van der Waals surface area (Å²) in [5.41, 5.74) is 0. The highest BCUT2D eigenvalue weighted by Crippen LogP contribution is 2.15. The number of sulfone groups is 1. The highest BCUT2D eigenvalue weighted by molar-refractivity contribution is 7.92. The molecule has 9 heteroatoms. The second kappa shape index (κ2) is 6.71. The first kappa shape index (κ1) is 17.9. The molecular weight excluding hydrogens is 316 g/mol. The predicted molar refractivity (Wildman–Crippen MR) is 80.4 cm³/mol. The van der Waals surface area contributed by atoms with Crippen LogP contribution in [0.25, 0.3) is 0 Å². The molecule has 1 rings (SSSR count). The average Bonchev–Trinajstić information content (AvgIpc) is 2.34. The molecule has 0 saturated carbocycles. The Morgan fingerprint density at radius 2 is 1.90 bits per heavy atom. The minimum absolute atomic E-state index is 0.00218. The van der Waals surface area contributed by atoms with Crippen LogP contribution in [0.4, 0.5) is 5.82 Å². The fraction of sp³-hybridized carbons (Fsp3) is 0.583. The van der Waals surface area contributed by atoms with E-state index < -0.39 is 26.0 Å². The molecule has 0 aromatic carbocycles. The fourth-order valence-corrected chi connectivity index (χ4v) is 3.75. The summed E-state index contributed by atoms with van der Waals surface area (Å²) in [5, 5.41) is 0. The van der Waals surface area contributed by atoms with Gasteiger partial charge in [0.1, 0.15) is 5.82 Å². The fourth-order valence-electron chi connectivity index (χ4n) is 1.65. The molecule has 1 N–H and O–H groups in total. The van der Waals surface area contributed by atoms with Crippen LogP contribution in [-0.4, -0.2) is 47.0 Å². The van der Waals surface area contributed by atoms with Crippen LogP contribution < -0.4 is 4.72 Å². The molecule has 0 bridgehead atoms. The summed E-state index contributed by atoms with van der Waals surface area (Å²) in [7, 11) is -5.66. The molecule has 1 aromatic heterocycles. The first-order chi connectivity index (χ1) is 9.55. The minimum Gasteiger partial charge on any atom is -0.380 e. The second-order valence-corrected chi connectivity index (χ2v) is 8.83. The van der Waals surface area contributed by atoms with Crippen LogP contribution in [0.1, 0.15) is 13.8 Å². The quantitative estimate of drug-likeness (QED) is 0.793. The van der Waals surface area contributed by atoms with Gasteiger partial charge in [0.2, 0.25) is 10.0 Å². The van der Waals surface area contributed by atoms with E-state index in [4.69, 9.17) is 4.74 Å². The predicted octanol–water partition coefficient (Wildman–Crippen LogP) is 0.898. The molecule has 1 heterocycles. The van der Waals surface area contributed by atoms with Gasteiger partial charge in [-0.25, -0.2) is 21.8 Å². The minimum atomic E-state index is -3.69. The molecule has 120 valence electrons. The molecule has 0 aliphatic carbocycles. The Morgan fingerprint density at radius 1 is 1.29 bits per heavy atom. The number of nitrogens with one attached hydrogen (secondary N) is 1. The van der Waals surface area contributed by atoms with Crippen LogP contribution in [0.2, 0.25) is 0 Å². The Hall–Kier alpha value is -1.19. The number of hydrogen-bond acceptors (Lipinski definition) is 6. The molecule has 0 radical (unpaired) electrons. The third-order valence-electron chi connectivity index (χ3n) is 2.85. The van der Waals surface area contributed by atoms with Crippen LogP contribution in [0.5, 0.6) is 0 Å². The zero-order valence-electron chi connectivity index (χ0n) is 12.4. The average molecular weight is 336 g/mol. The van der Waals surface area contributed by atoms with E-state index in [-0.39, 0.29) is 22.4 Å². The van der Waals surface area contributed by atoms with Crippen LogP contribution >= 0.6 is 0 Å². The largest absolute Gasteiger partial charge is 0.380 e. The van der Waals surface area contributed by atoms with Crippen LogP contribution in [0, 0.1) is 5.92 Å². The summed E-state index contributed by atoms with van der Waals surface area (Å²) in [6.45, 7) is 3.71. The van der Waals surface area contributed by atoms with Gasteiger partial charge in [-0.2, -0.15) is 0 Å². The zero-order chi connectivity index (χ0) is 16.3. The van der Waals surface area contributed by atoms with Crippen molar-refractivity contribution in [3.8, 4) is 0 Å². The van der Waals surface area contributed by atoms with Crippen LogP contribution in [0.3, 0.4) is 0 Å². The maximum Gasteiger partial charge on any atom is 0.236 e. The Kier molecular flexibility index (Phi) is 5.71. The maximum atomic E-state index is 12.1. The highest BCUT2D eigenvalue weighted by Gasteiger charge is 2.22. The monoisotopic (exact) mass is 336 g/mol. The Morgan fingerprint density at radius 3 is 2.38 bits per heavy atom. The van der Waals surface area contributed by atoms with Crippen molar-refractivity contribution < 1.29 is 21.6 Å². The molecule has 21 heavy (non-hydrogen) atoms. The van der Waals surface area contributed by atoms with Crippen molar-refractivity contribution in [2.45, 2.75) is 24.8 Å². The molecule has 0 fully saturated rings. The molecule has 0 aliphatic heterocycles. The van der Waals surface area contributed by atoms with Gasteiger partial charge in [-0.3, -0.25) is 4.72 Å². The smallest absolute Gasteiger partial charge is 0.236 e. The molecule has 0 spiro atoms. The summed E-state index contributed by atoms with van der Waals surface area (Å²) in [4.78, 5) is 3.82. The van der Waals surface area contributed by atoms with Crippen molar-refractivity contribution in [2.24, 2.45) is 5.92 Å². The summed E-state index contributed by atoms with van der Waals surface area (Å²) in [5.74, 6) is -0.232. The van der Waals surface area contributed by atoms with E-state index in [0.717, 1.165) is 6.26 Å². The lowest BCUT2D eigenvalue weighted by atomic mass is 10.1. The molecule has 1 atom stereocenters. The van der Waals surface area contributed by atoms with Gasteiger partial charge >= 0.3 is 0 Å². The molecule has 0 aliphatic rings. The lowest BCUT2D eigenvalue weighted by Gasteiger charge is -2.19. The van der Waals surface area contributed by atoms with E-state index in [0.29, 0.717) is 0 Å². The van der Waals surface area contributed by atoms with E-state index in [1.165, 1.54) is 25.4 Å². The summed E-state index contributed by atoms with van der Waals surface area (Å²) in [6.07, 6.45) is 1.82. The summed E-state index contributed by atoms with van der Waals surface area (Å²) in [6, 6.07) is 2.49. The van der Waals surface area contributed by atoms with Crippen LogP contribution in [0.15, 0.2) is 23.2 Å². The van der Waals surface area contributed by atoms with Crippen molar-refractivity contribution in [1.82, 2.24) is 4.98 Å². The molecule has 1 aromatic rings. The number of anilines is 1. The van der Waals surface area contributed by atoms with Crippen LogP contribution in [-0.2, 0) is 24.6 Å². The number of hydrogen-bond donors (Lipinski definition) is 1. The Balaban J connectivity index is 2.95. The lowest BCUT2D eigenvalue weighted by Crippen LogP contribution is -2.31. The van der Waals surface area contributed by atoms with E-state index in [1.807, 2.05) is 13.8 Å². The van der Waals surface area contributed by atoms with Gasteiger partial charge in [0.25, 0.3) is 0 Å². The molecule has 7 nitrogen and oxygen atoms in total. The van der Waals surface area contributed by atoms with Gasteiger partial charge in [0.05, 0.1) is 16.8 Å². The van der Waals surface area contributed by atoms with Crippen molar-refractivity contribution in [1.29, 1.82) is 0 Å². The van der Waals surface area contributed by atoms with Crippen molar-refractivity contribution in [3.63, 3.8) is 0 Å². The summed E-state index contributed by atoms with van der Waals surface area (Å²) >= 11 is 0. The maximum absolute atomic E-state index is 12.1. The SMILES string of the molecule is COC(CS(=O)(=O)Nc1cc(S(C)(=O)=O)ccn1)C(C)C. The van der Waals surface area contributed by atoms with E-state index >= 15 is 0 Å². The lowest BCUT2D eigenvalue weighted by molar-refractivity contribution is 0.0829. The van der Waals surface area contributed by atoms with Gasteiger partial charge in [-0.1, -0.05) is 13.8 Å². The highest BCUT2D eigenvalue weighted by atomic mass is 32.2. The standard InChI is InChI=1S/C12H20N2O5S2/c1-9(2)11(19-3)8-21(17,18)14-12-7-10(5-6-13-12)20(4,15)16/h5-7,9,11H,8H2,1-4H3,(H,13,14). The third-order valence-corrected chi connectivity index (χ3v) is 5.25. The molecule has 0 amide bonds. The molecular formula is C12H20N2O5S2. The number of nitrogens with zero attached hydrogens (tertiary/aromatic N) is 1. The normalized spacial score (nSPS) is 14.1. The number of aromatic nitrogens is 1. The zero-order valence-corrected chi connectivity index (χ0v) is 14.0. The van der Waals surface area contributed by atoms with Gasteiger partial charge in [0.15, 0.2) is 9.84 Å². The Labute approximate surface area is 125 Å². The van der Waals surface area contributed by atoms with Crippen molar-refractivity contribution in [2.75, 3.05) is 23.8 Å². The number of rotatable bonds is 7. The van der Waals surface area contributed by atoms with E-state index in [2.05, 4.69) is 9.71 Å². The second-order valence-electron chi connectivity index (χ2n) is 5.05. The van der Waals surface area contributed by atoms with E-state index in [1.54, 1.807) is 0 Å². The van der Waals surface area contributed by atoms with Gasteiger partial charge < -0.3 is 4.74 Å². The third kappa shape index (κ3) is 5.60. The first-order valence-electron chi connectivity index (χ1n) is 6.24. The number of ether oxygens (including phenoxy) is 1. The summed E-state index contributed by atoms with van der Waals surface area (Å²) < 4.78 is 54.4. The first-order valence-corrected chi connectivity index (χ1v) is 9.79. The number of methoxy groups -OCH3 is 1. The Bertz CT molecular complexity index is 683. The van der Waals surface area contributed by atoms with Gasteiger partial charge in [-0.05, 0) is 12.0 Å². The number of sulfonamides is 1. The van der Waals surface area contributed by atoms with E-state index in [9.17, 15) is 16.8 Å². The number of pyridine rings is 1. The van der Waals surface area contributed by atoms with Gasteiger partial charge in [-0.15, -0.1) is 0 Å².